The molecule has 7 heteroatoms. The number of guanidine groups is 1. The quantitative estimate of drug-likeness (QED) is 0.283. The Kier molecular flexibility index (Phi) is 8.65. The lowest BCUT2D eigenvalue weighted by molar-refractivity contribution is 0.181. The van der Waals surface area contributed by atoms with Crippen molar-refractivity contribution in [3.05, 3.63) is 87.9 Å². The average Bonchev–Trinajstić information content (AvgIpc) is 3.25. The molecule has 5 nitrogen and oxygen atoms in total. The Morgan fingerprint density at radius 2 is 1.97 bits per heavy atom. The van der Waals surface area contributed by atoms with Gasteiger partial charge in [0, 0.05) is 37.8 Å². The number of fused-ring (bicyclic) bond motifs is 1. The van der Waals surface area contributed by atoms with E-state index in [2.05, 4.69) is 67.3 Å². The number of aliphatic imine (C=N–C) groups is 1. The molecule has 0 aliphatic carbocycles. The molecule has 158 valence electrons. The van der Waals surface area contributed by atoms with Crippen molar-refractivity contribution in [3.63, 3.8) is 0 Å². The lowest BCUT2D eigenvalue weighted by Gasteiger charge is -2.35. The first-order valence-electron chi connectivity index (χ1n) is 10.0. The number of hydrogen-bond acceptors (Lipinski definition) is 4. The third-order valence-electron chi connectivity index (χ3n) is 5.31. The smallest absolute Gasteiger partial charge is 0.191 e. The SMILES string of the molecule is CN=C(NCc1ccccn1)NCC(c1ccccc1)N1CCc2sccc2C1.I. The summed E-state index contributed by atoms with van der Waals surface area (Å²) in [4.78, 5) is 12.9. The number of benzene rings is 1. The number of halogens is 1. The highest BCUT2D eigenvalue weighted by Gasteiger charge is 2.25. The van der Waals surface area contributed by atoms with Gasteiger partial charge in [0.2, 0.25) is 0 Å². The molecule has 0 saturated carbocycles. The molecule has 1 aliphatic rings. The molecular formula is C23H28IN5S. The van der Waals surface area contributed by atoms with Crippen molar-refractivity contribution in [2.45, 2.75) is 25.6 Å². The summed E-state index contributed by atoms with van der Waals surface area (Å²) in [6, 6.07) is 19.3. The number of nitrogens with one attached hydrogen (secondary N) is 2. The first kappa shape index (κ1) is 22.7. The van der Waals surface area contributed by atoms with Crippen LogP contribution in [0.3, 0.4) is 0 Å². The van der Waals surface area contributed by atoms with E-state index in [1.807, 2.05) is 42.8 Å². The van der Waals surface area contributed by atoms with Gasteiger partial charge in [-0.2, -0.15) is 0 Å². The van der Waals surface area contributed by atoms with E-state index in [9.17, 15) is 0 Å². The maximum atomic E-state index is 4.39. The minimum atomic E-state index is 0. The normalized spacial score (nSPS) is 15.0. The largest absolute Gasteiger partial charge is 0.354 e. The molecule has 0 spiro atoms. The topological polar surface area (TPSA) is 52.6 Å². The predicted molar refractivity (Wildman–Crippen MR) is 135 cm³/mol. The van der Waals surface area contributed by atoms with Gasteiger partial charge in [0.1, 0.15) is 0 Å². The van der Waals surface area contributed by atoms with Crippen LogP contribution in [-0.4, -0.2) is 36.0 Å². The van der Waals surface area contributed by atoms with Crippen LogP contribution < -0.4 is 10.6 Å². The third kappa shape index (κ3) is 5.80. The van der Waals surface area contributed by atoms with Crippen LogP contribution >= 0.6 is 35.3 Å². The molecule has 1 aromatic carbocycles. The van der Waals surface area contributed by atoms with Crippen LogP contribution in [0.5, 0.6) is 0 Å². The van der Waals surface area contributed by atoms with Crippen molar-refractivity contribution in [1.82, 2.24) is 20.5 Å². The van der Waals surface area contributed by atoms with E-state index < -0.39 is 0 Å². The van der Waals surface area contributed by atoms with E-state index in [-0.39, 0.29) is 30.0 Å². The van der Waals surface area contributed by atoms with Gasteiger partial charge < -0.3 is 10.6 Å². The summed E-state index contributed by atoms with van der Waals surface area (Å²) >= 11 is 1.88. The van der Waals surface area contributed by atoms with Gasteiger partial charge in [-0.3, -0.25) is 14.9 Å². The molecule has 1 unspecified atom stereocenters. The van der Waals surface area contributed by atoms with E-state index in [4.69, 9.17) is 0 Å². The molecular weight excluding hydrogens is 505 g/mol. The van der Waals surface area contributed by atoms with Crippen LogP contribution in [0, 0.1) is 0 Å². The summed E-state index contributed by atoms with van der Waals surface area (Å²) in [5, 5.41) is 9.11. The van der Waals surface area contributed by atoms with Crippen molar-refractivity contribution in [2.75, 3.05) is 20.1 Å². The Balaban J connectivity index is 0.00000256. The Bertz CT molecular complexity index is 929. The summed E-state index contributed by atoms with van der Waals surface area (Å²) in [5.41, 5.74) is 3.80. The van der Waals surface area contributed by atoms with Crippen LogP contribution in [0.15, 0.2) is 71.2 Å². The Morgan fingerprint density at radius 1 is 1.13 bits per heavy atom. The maximum absolute atomic E-state index is 4.39. The van der Waals surface area contributed by atoms with Crippen molar-refractivity contribution >= 4 is 41.3 Å². The highest BCUT2D eigenvalue weighted by Crippen LogP contribution is 2.30. The number of hydrogen-bond donors (Lipinski definition) is 2. The zero-order chi connectivity index (χ0) is 19.9. The van der Waals surface area contributed by atoms with E-state index in [0.717, 1.165) is 37.7 Å². The fraction of sp³-hybridized carbons (Fsp3) is 0.304. The highest BCUT2D eigenvalue weighted by molar-refractivity contribution is 14.0. The van der Waals surface area contributed by atoms with Crippen molar-refractivity contribution in [3.8, 4) is 0 Å². The molecule has 3 aromatic rings. The van der Waals surface area contributed by atoms with E-state index in [1.54, 1.807) is 0 Å². The number of aromatic nitrogens is 1. The van der Waals surface area contributed by atoms with Gasteiger partial charge in [-0.1, -0.05) is 36.4 Å². The van der Waals surface area contributed by atoms with Gasteiger partial charge in [0.25, 0.3) is 0 Å². The molecule has 2 N–H and O–H groups in total. The molecule has 1 atom stereocenters. The van der Waals surface area contributed by atoms with E-state index in [1.165, 1.54) is 16.0 Å². The van der Waals surface area contributed by atoms with Crippen LogP contribution in [0.1, 0.15) is 27.7 Å². The van der Waals surface area contributed by atoms with Gasteiger partial charge in [-0.15, -0.1) is 35.3 Å². The van der Waals surface area contributed by atoms with Crippen LogP contribution in [0.4, 0.5) is 0 Å². The summed E-state index contributed by atoms with van der Waals surface area (Å²) in [6.07, 6.45) is 2.94. The fourth-order valence-electron chi connectivity index (χ4n) is 3.76. The molecule has 3 heterocycles. The van der Waals surface area contributed by atoms with Gasteiger partial charge in [-0.05, 0) is 41.1 Å². The van der Waals surface area contributed by atoms with Gasteiger partial charge in [0.15, 0.2) is 5.96 Å². The molecule has 4 rings (SSSR count). The zero-order valence-electron chi connectivity index (χ0n) is 17.1. The lowest BCUT2D eigenvalue weighted by Crippen LogP contribution is -2.44. The van der Waals surface area contributed by atoms with Crippen molar-refractivity contribution in [2.24, 2.45) is 4.99 Å². The summed E-state index contributed by atoms with van der Waals surface area (Å²) < 4.78 is 0. The van der Waals surface area contributed by atoms with E-state index in [0.29, 0.717) is 6.54 Å². The van der Waals surface area contributed by atoms with E-state index >= 15 is 0 Å². The second kappa shape index (κ2) is 11.4. The number of thiophene rings is 1. The summed E-state index contributed by atoms with van der Waals surface area (Å²) in [5.74, 6) is 0.796. The molecule has 30 heavy (non-hydrogen) atoms. The number of pyridine rings is 1. The molecule has 2 aromatic heterocycles. The predicted octanol–water partition coefficient (Wildman–Crippen LogP) is 4.23. The number of nitrogens with zero attached hydrogens (tertiary/aromatic N) is 3. The van der Waals surface area contributed by atoms with Crippen LogP contribution in [0.25, 0.3) is 0 Å². The number of rotatable bonds is 6. The van der Waals surface area contributed by atoms with Gasteiger partial charge in [0.05, 0.1) is 18.3 Å². The summed E-state index contributed by atoms with van der Waals surface area (Å²) in [6.45, 7) is 3.53. The van der Waals surface area contributed by atoms with Crippen LogP contribution in [0.2, 0.25) is 0 Å². The first-order chi connectivity index (χ1) is 14.3. The van der Waals surface area contributed by atoms with Crippen LogP contribution in [-0.2, 0) is 19.5 Å². The minimum absolute atomic E-state index is 0. The second-order valence-corrected chi connectivity index (χ2v) is 8.14. The van der Waals surface area contributed by atoms with Crippen molar-refractivity contribution < 1.29 is 0 Å². The standard InChI is InChI=1S/C23H27N5S.HI/c1-24-23(26-15-20-9-5-6-12-25-20)27-16-21(18-7-3-2-4-8-18)28-13-10-22-19(17-28)11-14-29-22;/h2-9,11-12,14,21H,10,13,15-17H2,1H3,(H2,24,26,27);1H. The highest BCUT2D eigenvalue weighted by atomic mass is 127. The third-order valence-corrected chi connectivity index (χ3v) is 6.33. The minimum Gasteiger partial charge on any atom is -0.354 e. The fourth-order valence-corrected chi connectivity index (χ4v) is 4.65. The Hall–Kier alpha value is -1.97. The monoisotopic (exact) mass is 533 g/mol. The Labute approximate surface area is 199 Å². The maximum Gasteiger partial charge on any atom is 0.191 e. The lowest BCUT2D eigenvalue weighted by atomic mass is 10.0. The summed E-state index contributed by atoms with van der Waals surface area (Å²) in [7, 11) is 1.81. The Morgan fingerprint density at radius 3 is 2.73 bits per heavy atom. The molecule has 0 radical (unpaired) electrons. The zero-order valence-corrected chi connectivity index (χ0v) is 20.3. The molecule has 0 bridgehead atoms. The molecule has 0 saturated heterocycles. The van der Waals surface area contributed by atoms with Gasteiger partial charge in [-0.25, -0.2) is 0 Å². The first-order valence-corrected chi connectivity index (χ1v) is 10.9. The van der Waals surface area contributed by atoms with Crippen molar-refractivity contribution in [1.29, 1.82) is 0 Å². The average molecular weight is 533 g/mol. The molecule has 0 fully saturated rings. The molecule has 0 amide bonds. The molecule has 1 aliphatic heterocycles. The van der Waals surface area contributed by atoms with Gasteiger partial charge >= 0.3 is 0 Å². The second-order valence-electron chi connectivity index (χ2n) is 7.14.